The van der Waals surface area contributed by atoms with Crippen molar-refractivity contribution in [3.8, 4) is 0 Å². The van der Waals surface area contributed by atoms with Crippen molar-refractivity contribution >= 4 is 11.7 Å². The van der Waals surface area contributed by atoms with Crippen LogP contribution in [0.25, 0.3) is 5.57 Å². The van der Waals surface area contributed by atoms with E-state index in [0.717, 1.165) is 44.1 Å². The van der Waals surface area contributed by atoms with Crippen molar-refractivity contribution in [2.75, 3.05) is 13.2 Å². The fourth-order valence-electron chi connectivity index (χ4n) is 2.79. The van der Waals surface area contributed by atoms with Gasteiger partial charge in [0.05, 0.1) is 6.61 Å². The minimum atomic E-state index is -0.300. The van der Waals surface area contributed by atoms with Crippen LogP contribution in [-0.2, 0) is 4.74 Å². The summed E-state index contributed by atoms with van der Waals surface area (Å²) in [5, 5.41) is 2.76. The van der Waals surface area contributed by atoms with Crippen LogP contribution in [0.5, 0.6) is 0 Å². The molecule has 0 atom stereocenters. The van der Waals surface area contributed by atoms with E-state index in [1.54, 1.807) is 6.20 Å². The average molecular weight is 367 g/mol. The molecule has 2 aromatic rings. The first-order chi connectivity index (χ1) is 13.3. The number of carbonyl (C=O) groups is 1. The number of alkyl carbamates (subject to hydrolysis) is 1. The van der Waals surface area contributed by atoms with Gasteiger partial charge in [0.2, 0.25) is 0 Å². The topological polar surface area (TPSA) is 51.2 Å². The van der Waals surface area contributed by atoms with E-state index in [4.69, 9.17) is 4.74 Å². The molecule has 144 valence electrons. The number of nitrogens with one attached hydrogen (secondary N) is 1. The number of nitrogens with zero attached hydrogens (tertiary/aromatic N) is 1. The lowest BCUT2D eigenvalue weighted by atomic mass is 9.97. The highest BCUT2D eigenvalue weighted by atomic mass is 16.5. The molecular weight excluding hydrogens is 336 g/mol. The largest absolute Gasteiger partial charge is 0.450 e. The summed E-state index contributed by atoms with van der Waals surface area (Å²) >= 11 is 0. The van der Waals surface area contributed by atoms with E-state index in [1.165, 1.54) is 11.1 Å². The lowest BCUT2D eigenvalue weighted by Gasteiger charge is -2.09. The van der Waals surface area contributed by atoms with Gasteiger partial charge in [-0.1, -0.05) is 55.8 Å². The van der Waals surface area contributed by atoms with Crippen LogP contribution < -0.4 is 5.32 Å². The molecule has 1 aromatic heterocycles. The van der Waals surface area contributed by atoms with Crippen LogP contribution in [0.15, 0.2) is 60.9 Å². The lowest BCUT2D eigenvalue weighted by molar-refractivity contribution is 0.144. The molecule has 1 aromatic carbocycles. The van der Waals surface area contributed by atoms with Crippen LogP contribution in [0.1, 0.15) is 56.6 Å². The molecule has 0 aliphatic rings. The van der Waals surface area contributed by atoms with E-state index in [9.17, 15) is 4.79 Å². The Morgan fingerprint density at radius 2 is 1.85 bits per heavy atom. The molecule has 1 N–H and O–H groups in total. The number of hydrogen-bond donors (Lipinski definition) is 1. The fraction of sp³-hybridized carbons (Fsp3) is 0.391. The van der Waals surface area contributed by atoms with Crippen molar-refractivity contribution in [1.82, 2.24) is 10.3 Å². The fourth-order valence-corrected chi connectivity index (χ4v) is 2.79. The molecule has 4 nitrogen and oxygen atoms in total. The van der Waals surface area contributed by atoms with E-state index in [0.29, 0.717) is 13.2 Å². The number of ether oxygens (including phenoxy) is 1. The van der Waals surface area contributed by atoms with Crippen molar-refractivity contribution in [2.45, 2.75) is 45.4 Å². The van der Waals surface area contributed by atoms with Crippen LogP contribution in [0, 0.1) is 0 Å². The number of amides is 1. The van der Waals surface area contributed by atoms with Gasteiger partial charge < -0.3 is 10.1 Å². The zero-order chi connectivity index (χ0) is 19.2. The molecule has 2 rings (SSSR count). The number of benzene rings is 1. The summed E-state index contributed by atoms with van der Waals surface area (Å²) in [7, 11) is 0. The van der Waals surface area contributed by atoms with Crippen molar-refractivity contribution in [2.24, 2.45) is 0 Å². The second-order valence-electron chi connectivity index (χ2n) is 6.49. The highest BCUT2D eigenvalue weighted by molar-refractivity contribution is 5.79. The molecule has 1 heterocycles. The maximum absolute atomic E-state index is 11.5. The molecule has 27 heavy (non-hydrogen) atoms. The van der Waals surface area contributed by atoms with Crippen molar-refractivity contribution < 1.29 is 9.53 Å². The molecule has 0 aliphatic heterocycles. The lowest BCUT2D eigenvalue weighted by Crippen LogP contribution is -2.25. The van der Waals surface area contributed by atoms with E-state index in [1.807, 2.05) is 18.3 Å². The Morgan fingerprint density at radius 3 is 2.59 bits per heavy atom. The Morgan fingerprint density at radius 1 is 1.04 bits per heavy atom. The van der Waals surface area contributed by atoms with Gasteiger partial charge in [-0.2, -0.15) is 0 Å². The van der Waals surface area contributed by atoms with Crippen LogP contribution in [0.3, 0.4) is 0 Å². The number of pyridine rings is 1. The smallest absolute Gasteiger partial charge is 0.407 e. The van der Waals surface area contributed by atoms with Crippen molar-refractivity contribution in [3.63, 3.8) is 0 Å². The predicted octanol–water partition coefficient (Wildman–Crippen LogP) is 5.60. The van der Waals surface area contributed by atoms with Crippen molar-refractivity contribution in [3.05, 3.63) is 72.1 Å². The van der Waals surface area contributed by atoms with Gasteiger partial charge in [-0.05, 0) is 49.3 Å². The van der Waals surface area contributed by atoms with Gasteiger partial charge in [0.1, 0.15) is 0 Å². The van der Waals surface area contributed by atoms with E-state index >= 15 is 0 Å². The van der Waals surface area contributed by atoms with Gasteiger partial charge in [-0.25, -0.2) is 4.79 Å². The summed E-state index contributed by atoms with van der Waals surface area (Å²) in [4.78, 5) is 15.7. The normalized spacial score (nSPS) is 11.2. The molecule has 0 radical (unpaired) electrons. The Balaban J connectivity index is 1.75. The van der Waals surface area contributed by atoms with E-state index in [-0.39, 0.29) is 6.09 Å². The molecule has 4 heteroatoms. The summed E-state index contributed by atoms with van der Waals surface area (Å²) in [6.07, 6.45) is 11.7. The molecule has 0 bridgehead atoms. The maximum atomic E-state index is 11.5. The zero-order valence-electron chi connectivity index (χ0n) is 16.2. The number of aromatic nitrogens is 1. The van der Waals surface area contributed by atoms with E-state index in [2.05, 4.69) is 53.6 Å². The first kappa shape index (κ1) is 20.7. The molecule has 0 aliphatic carbocycles. The number of hydrogen-bond acceptors (Lipinski definition) is 3. The summed E-state index contributed by atoms with van der Waals surface area (Å²) < 4.78 is 5.18. The molecule has 0 saturated heterocycles. The monoisotopic (exact) mass is 366 g/mol. The predicted molar refractivity (Wildman–Crippen MR) is 110 cm³/mol. The highest BCUT2D eigenvalue weighted by Gasteiger charge is 2.04. The highest BCUT2D eigenvalue weighted by Crippen LogP contribution is 2.23. The third-order valence-corrected chi connectivity index (χ3v) is 4.29. The van der Waals surface area contributed by atoms with Crippen LogP contribution in [-0.4, -0.2) is 24.2 Å². The number of rotatable bonds is 11. The van der Waals surface area contributed by atoms with E-state index < -0.39 is 0 Å². The van der Waals surface area contributed by atoms with Gasteiger partial charge in [0.25, 0.3) is 0 Å². The van der Waals surface area contributed by atoms with Gasteiger partial charge >= 0.3 is 6.09 Å². The van der Waals surface area contributed by atoms with Crippen LogP contribution in [0.2, 0.25) is 0 Å². The quantitative estimate of drug-likeness (QED) is 0.527. The molecule has 0 unspecified atom stereocenters. The SMILES string of the molecule is CCCCNC(=O)OCCCCCC=C(c1ccccc1)c1cccnc1. The second kappa shape index (κ2) is 12.7. The minimum Gasteiger partial charge on any atom is -0.450 e. The summed E-state index contributed by atoms with van der Waals surface area (Å²) in [6, 6.07) is 14.5. The van der Waals surface area contributed by atoms with Crippen LogP contribution >= 0.6 is 0 Å². The van der Waals surface area contributed by atoms with Gasteiger partial charge in [-0.3, -0.25) is 4.98 Å². The Labute approximate surface area is 162 Å². The minimum absolute atomic E-state index is 0.300. The zero-order valence-corrected chi connectivity index (χ0v) is 16.2. The summed E-state index contributed by atoms with van der Waals surface area (Å²) in [5.41, 5.74) is 3.56. The number of unbranched alkanes of at least 4 members (excludes halogenated alkanes) is 4. The van der Waals surface area contributed by atoms with Gasteiger partial charge in [0, 0.05) is 24.5 Å². The second-order valence-corrected chi connectivity index (χ2v) is 6.49. The molecule has 1 amide bonds. The molecule has 0 saturated carbocycles. The first-order valence-corrected chi connectivity index (χ1v) is 9.88. The van der Waals surface area contributed by atoms with Crippen molar-refractivity contribution in [1.29, 1.82) is 0 Å². The molecular formula is C23H30N2O2. The Bertz CT molecular complexity index is 643. The third-order valence-electron chi connectivity index (χ3n) is 4.29. The van der Waals surface area contributed by atoms with Gasteiger partial charge in [-0.15, -0.1) is 0 Å². The van der Waals surface area contributed by atoms with Crippen LogP contribution in [0.4, 0.5) is 4.79 Å². The van der Waals surface area contributed by atoms with Gasteiger partial charge in [0.15, 0.2) is 0 Å². The summed E-state index contributed by atoms with van der Waals surface area (Å²) in [6.45, 7) is 3.27. The average Bonchev–Trinajstić information content (AvgIpc) is 2.71. The number of allylic oxidation sites excluding steroid dienone is 1. The molecule has 0 spiro atoms. The first-order valence-electron chi connectivity index (χ1n) is 9.88. The maximum Gasteiger partial charge on any atom is 0.407 e. The Kier molecular flexibility index (Phi) is 9.72. The summed E-state index contributed by atoms with van der Waals surface area (Å²) in [5.74, 6) is 0. The standard InChI is InChI=1S/C23H30N2O2/c1-2-3-17-25-23(26)27-18-10-5-4-9-15-22(20-12-7-6-8-13-20)21-14-11-16-24-19-21/h6-8,11-16,19H,2-5,9-10,17-18H2,1H3,(H,25,26). The number of carbonyl (C=O) groups excluding carboxylic acids is 1. The Hall–Kier alpha value is -2.62. The third kappa shape index (κ3) is 8.07. The molecule has 0 fully saturated rings.